The molecule has 1 saturated heterocycles. The molecule has 0 aliphatic carbocycles. The number of anilines is 1. The van der Waals surface area contributed by atoms with Gasteiger partial charge in [-0.3, -0.25) is 0 Å². The Labute approximate surface area is 127 Å². The Morgan fingerprint density at radius 3 is 3.00 bits per heavy atom. The smallest absolute Gasteiger partial charge is 0.125 e. The van der Waals surface area contributed by atoms with Crippen LogP contribution < -0.4 is 10.2 Å². The Kier molecular flexibility index (Phi) is 5.48. The van der Waals surface area contributed by atoms with E-state index in [-0.39, 0.29) is 5.82 Å². The molecule has 1 aromatic rings. The fraction of sp³-hybridized carbons (Fsp3) is 0.571. The average molecular weight is 350 g/mol. The highest BCUT2D eigenvalue weighted by molar-refractivity contribution is 9.10. The summed E-state index contributed by atoms with van der Waals surface area (Å²) in [6.07, 6.45) is 3.45. The van der Waals surface area contributed by atoms with Gasteiger partial charge >= 0.3 is 0 Å². The zero-order chi connectivity index (χ0) is 13.8. The molecule has 1 aliphatic rings. The van der Waals surface area contributed by atoms with Crippen molar-refractivity contribution >= 4 is 33.2 Å². The van der Waals surface area contributed by atoms with E-state index in [0.29, 0.717) is 11.1 Å². The van der Waals surface area contributed by atoms with Crippen molar-refractivity contribution in [1.29, 1.82) is 0 Å². The summed E-state index contributed by atoms with van der Waals surface area (Å²) in [4.78, 5) is 2.24. The molecule has 1 aliphatic heterocycles. The third-order valence-electron chi connectivity index (χ3n) is 3.40. The molecule has 1 fully saturated rings. The average Bonchev–Trinajstić information content (AvgIpc) is 2.35. The molecule has 1 aromatic carbocycles. The van der Waals surface area contributed by atoms with Gasteiger partial charge in [0.2, 0.25) is 0 Å². The van der Waals surface area contributed by atoms with E-state index in [1.165, 1.54) is 18.6 Å². The molecule has 0 radical (unpaired) electrons. The maximum absolute atomic E-state index is 13.3. The highest BCUT2D eigenvalue weighted by atomic mass is 79.9. The Morgan fingerprint density at radius 2 is 2.32 bits per heavy atom. The Morgan fingerprint density at radius 1 is 1.53 bits per heavy atom. The molecule has 106 valence electrons. The summed E-state index contributed by atoms with van der Waals surface area (Å²) in [5.41, 5.74) is 0.908. The maximum atomic E-state index is 13.3. The van der Waals surface area contributed by atoms with Gasteiger partial charge in [-0.1, -0.05) is 18.5 Å². The lowest BCUT2D eigenvalue weighted by atomic mass is 10.0. The van der Waals surface area contributed by atoms with Crippen LogP contribution in [0.3, 0.4) is 0 Å². The first-order valence-corrected chi connectivity index (χ1v) is 7.91. The van der Waals surface area contributed by atoms with Crippen LogP contribution in [0.2, 0.25) is 5.02 Å². The van der Waals surface area contributed by atoms with E-state index >= 15 is 0 Å². The molecule has 0 bridgehead atoms. The van der Waals surface area contributed by atoms with E-state index in [1.54, 1.807) is 0 Å². The van der Waals surface area contributed by atoms with Gasteiger partial charge in [-0.25, -0.2) is 4.39 Å². The van der Waals surface area contributed by atoms with E-state index in [1.807, 2.05) is 0 Å². The van der Waals surface area contributed by atoms with E-state index < -0.39 is 0 Å². The summed E-state index contributed by atoms with van der Waals surface area (Å²) in [5.74, 6) is -0.307. The van der Waals surface area contributed by atoms with Crippen LogP contribution in [0.1, 0.15) is 26.2 Å². The van der Waals surface area contributed by atoms with E-state index in [2.05, 4.69) is 33.1 Å². The van der Waals surface area contributed by atoms with Crippen LogP contribution in [0.15, 0.2) is 16.6 Å². The van der Waals surface area contributed by atoms with Crippen LogP contribution >= 0.6 is 27.5 Å². The predicted molar refractivity (Wildman–Crippen MR) is 82.6 cm³/mol. The van der Waals surface area contributed by atoms with E-state index in [4.69, 9.17) is 11.6 Å². The van der Waals surface area contributed by atoms with Gasteiger partial charge in [0.15, 0.2) is 0 Å². The summed E-state index contributed by atoms with van der Waals surface area (Å²) in [6, 6.07) is 3.34. The van der Waals surface area contributed by atoms with Gasteiger partial charge in [0.05, 0.1) is 10.7 Å². The Balaban J connectivity index is 2.13. The highest BCUT2D eigenvalue weighted by Gasteiger charge is 2.23. The molecule has 0 saturated carbocycles. The van der Waals surface area contributed by atoms with Crippen molar-refractivity contribution in [3.63, 3.8) is 0 Å². The largest absolute Gasteiger partial charge is 0.368 e. The molecule has 0 aromatic heterocycles. The quantitative estimate of drug-likeness (QED) is 0.876. The van der Waals surface area contributed by atoms with Crippen molar-refractivity contribution in [2.45, 2.75) is 32.2 Å². The number of benzene rings is 1. The Bertz CT molecular complexity index is 418. The molecule has 2 rings (SSSR count). The monoisotopic (exact) mass is 348 g/mol. The number of halogens is 3. The van der Waals surface area contributed by atoms with E-state index in [0.717, 1.165) is 42.6 Å². The normalized spacial score (nSPS) is 19.8. The molecule has 1 atom stereocenters. The van der Waals surface area contributed by atoms with Gasteiger partial charge in [0.25, 0.3) is 0 Å². The second-order valence-electron chi connectivity index (χ2n) is 4.96. The first kappa shape index (κ1) is 15.1. The molecule has 0 spiro atoms. The highest BCUT2D eigenvalue weighted by Crippen LogP contribution is 2.36. The maximum Gasteiger partial charge on any atom is 0.125 e. The van der Waals surface area contributed by atoms with Gasteiger partial charge in [-0.15, -0.1) is 0 Å². The minimum atomic E-state index is -0.307. The number of nitrogens with zero attached hydrogens (tertiary/aromatic N) is 1. The van der Waals surface area contributed by atoms with Gasteiger partial charge in [-0.05, 0) is 53.9 Å². The lowest BCUT2D eigenvalue weighted by molar-refractivity contribution is 0.423. The summed E-state index contributed by atoms with van der Waals surface area (Å²) < 4.78 is 14.0. The second kappa shape index (κ2) is 6.91. The van der Waals surface area contributed by atoms with Crippen LogP contribution in [0, 0.1) is 5.82 Å². The van der Waals surface area contributed by atoms with Gasteiger partial charge < -0.3 is 10.2 Å². The van der Waals surface area contributed by atoms with Crippen molar-refractivity contribution in [2.75, 3.05) is 24.5 Å². The topological polar surface area (TPSA) is 15.3 Å². The molecule has 2 nitrogen and oxygen atoms in total. The standard InChI is InChI=1S/C14H19BrClFN2/c1-2-5-18-11-4-3-6-19(9-11)14-12(15)7-10(17)8-13(14)16/h7-8,11,18H,2-6,9H2,1H3. The SMILES string of the molecule is CCCNC1CCCN(c2c(Cl)cc(F)cc2Br)C1. The molecule has 5 heteroatoms. The summed E-state index contributed by atoms with van der Waals surface area (Å²) >= 11 is 9.61. The molecule has 1 N–H and O–H groups in total. The summed E-state index contributed by atoms with van der Waals surface area (Å²) in [5, 5.41) is 4.02. The Hall–Kier alpha value is -0.320. The minimum absolute atomic E-state index is 0.307. The first-order valence-electron chi connectivity index (χ1n) is 6.74. The number of hydrogen-bond acceptors (Lipinski definition) is 2. The minimum Gasteiger partial charge on any atom is -0.368 e. The van der Waals surface area contributed by atoms with Crippen LogP contribution in [-0.2, 0) is 0 Å². The third kappa shape index (κ3) is 3.83. The lowest BCUT2D eigenvalue weighted by Crippen LogP contribution is -2.46. The van der Waals surface area contributed by atoms with Crippen molar-refractivity contribution in [3.8, 4) is 0 Å². The number of hydrogen-bond donors (Lipinski definition) is 1. The first-order chi connectivity index (χ1) is 9.11. The van der Waals surface area contributed by atoms with Crippen molar-refractivity contribution in [3.05, 3.63) is 27.4 Å². The third-order valence-corrected chi connectivity index (χ3v) is 4.29. The van der Waals surface area contributed by atoms with Crippen LogP contribution in [0.4, 0.5) is 10.1 Å². The van der Waals surface area contributed by atoms with Crippen LogP contribution in [0.5, 0.6) is 0 Å². The van der Waals surface area contributed by atoms with Gasteiger partial charge in [-0.2, -0.15) is 0 Å². The van der Waals surface area contributed by atoms with Crippen molar-refractivity contribution in [1.82, 2.24) is 5.32 Å². The van der Waals surface area contributed by atoms with Gasteiger partial charge in [0.1, 0.15) is 5.82 Å². The molecule has 1 heterocycles. The zero-order valence-corrected chi connectivity index (χ0v) is 13.4. The predicted octanol–water partition coefficient (Wildman–Crippen LogP) is 4.21. The number of nitrogens with one attached hydrogen (secondary N) is 1. The molecule has 0 amide bonds. The van der Waals surface area contributed by atoms with Gasteiger partial charge in [0, 0.05) is 23.6 Å². The van der Waals surface area contributed by atoms with Crippen LogP contribution in [-0.4, -0.2) is 25.7 Å². The molecule has 1 unspecified atom stereocenters. The summed E-state index contributed by atoms with van der Waals surface area (Å²) in [7, 11) is 0. The van der Waals surface area contributed by atoms with Crippen molar-refractivity contribution in [2.24, 2.45) is 0 Å². The fourth-order valence-electron chi connectivity index (χ4n) is 2.53. The molecular formula is C14H19BrClFN2. The second-order valence-corrected chi connectivity index (χ2v) is 6.22. The zero-order valence-electron chi connectivity index (χ0n) is 11.1. The molecular weight excluding hydrogens is 331 g/mol. The van der Waals surface area contributed by atoms with Crippen molar-refractivity contribution < 1.29 is 4.39 Å². The van der Waals surface area contributed by atoms with Crippen LogP contribution in [0.25, 0.3) is 0 Å². The lowest BCUT2D eigenvalue weighted by Gasteiger charge is -2.36. The molecule has 19 heavy (non-hydrogen) atoms. The number of rotatable bonds is 4. The summed E-state index contributed by atoms with van der Waals surface area (Å²) in [6.45, 7) is 5.09. The van der Waals surface area contributed by atoms with E-state index in [9.17, 15) is 4.39 Å². The fourth-order valence-corrected chi connectivity index (χ4v) is 3.65. The number of piperidine rings is 1.